The Morgan fingerprint density at radius 1 is 0.264 bits per heavy atom. The third kappa shape index (κ3) is 81.2. The number of aliphatic hydroxyl groups is 1. The molecule has 0 saturated carbocycles. The quantitative estimate of drug-likeness (QED) is 0.0222. The molecule has 0 amide bonds. The normalized spacial score (nSPS) is 14.3. The topological polar surface area (TPSA) is 237 Å². The molecule has 0 aromatic carbocycles. The van der Waals surface area contributed by atoms with Gasteiger partial charge in [0.05, 0.1) is 26.4 Å². The number of hydrogen-bond donors (Lipinski definition) is 3. The van der Waals surface area contributed by atoms with Crippen LogP contribution < -0.4 is 0 Å². The Hall–Kier alpha value is -1.94. The number of phosphoric ester groups is 2. The van der Waals surface area contributed by atoms with Gasteiger partial charge in [0.1, 0.15) is 19.3 Å². The first kappa shape index (κ1) is 108. The molecular weight excluding hydrogens is 1430 g/mol. The van der Waals surface area contributed by atoms with E-state index in [9.17, 15) is 43.2 Å². The molecule has 0 saturated heterocycles. The second kappa shape index (κ2) is 80.8. The van der Waals surface area contributed by atoms with Crippen LogP contribution >= 0.6 is 15.6 Å². The maximum atomic E-state index is 13.2. The number of rotatable bonds is 89. The monoisotopic (exact) mass is 1610 g/mol. The van der Waals surface area contributed by atoms with Crippen LogP contribution in [0.25, 0.3) is 0 Å². The fourth-order valence-corrected chi connectivity index (χ4v) is 15.8. The molecular formula is C91H178O17P2. The number of esters is 4. The van der Waals surface area contributed by atoms with Crippen LogP contribution in [0.4, 0.5) is 0 Å². The van der Waals surface area contributed by atoms with E-state index in [2.05, 4.69) is 48.5 Å². The van der Waals surface area contributed by atoms with E-state index >= 15 is 0 Å². The maximum absolute atomic E-state index is 13.2. The molecule has 7 atom stereocenters. The van der Waals surface area contributed by atoms with E-state index in [1.54, 1.807) is 0 Å². The van der Waals surface area contributed by atoms with Gasteiger partial charge in [-0.2, -0.15) is 0 Å². The third-order valence-corrected chi connectivity index (χ3v) is 24.0. The third-order valence-electron chi connectivity index (χ3n) is 22.1. The molecule has 0 spiro atoms. The highest BCUT2D eigenvalue weighted by Crippen LogP contribution is 2.45. The smallest absolute Gasteiger partial charge is 0.462 e. The van der Waals surface area contributed by atoms with E-state index < -0.39 is 97.5 Å². The first-order valence-electron chi connectivity index (χ1n) is 46.9. The van der Waals surface area contributed by atoms with Crippen LogP contribution in [0.2, 0.25) is 0 Å². The molecule has 0 aliphatic carbocycles. The number of unbranched alkanes of at least 4 members (excludes halogenated alkanes) is 55. The van der Waals surface area contributed by atoms with Crippen LogP contribution in [0.15, 0.2) is 0 Å². The summed E-state index contributed by atoms with van der Waals surface area (Å²) >= 11 is 0. The van der Waals surface area contributed by atoms with Gasteiger partial charge in [0.15, 0.2) is 12.2 Å². The summed E-state index contributed by atoms with van der Waals surface area (Å²) in [6.07, 6.45) is 73.7. The molecule has 19 heteroatoms. The Morgan fingerprint density at radius 2 is 0.464 bits per heavy atom. The van der Waals surface area contributed by atoms with Crippen molar-refractivity contribution in [3.8, 4) is 0 Å². The van der Waals surface area contributed by atoms with Crippen molar-refractivity contribution in [2.24, 2.45) is 17.8 Å². The predicted molar refractivity (Wildman–Crippen MR) is 455 cm³/mol. The molecule has 17 nitrogen and oxygen atoms in total. The van der Waals surface area contributed by atoms with Crippen molar-refractivity contribution in [3.63, 3.8) is 0 Å². The number of carbonyl (C=O) groups is 4. The van der Waals surface area contributed by atoms with Crippen molar-refractivity contribution in [3.05, 3.63) is 0 Å². The second-order valence-electron chi connectivity index (χ2n) is 33.7. The Balaban J connectivity index is 5.22. The van der Waals surface area contributed by atoms with E-state index in [-0.39, 0.29) is 25.7 Å². The number of phosphoric acid groups is 2. The summed E-state index contributed by atoms with van der Waals surface area (Å²) in [6, 6.07) is 0. The average Bonchev–Trinajstić information content (AvgIpc) is 0.899. The molecule has 4 unspecified atom stereocenters. The van der Waals surface area contributed by atoms with E-state index in [0.717, 1.165) is 114 Å². The minimum Gasteiger partial charge on any atom is -0.462 e. The van der Waals surface area contributed by atoms with Gasteiger partial charge < -0.3 is 33.8 Å². The lowest BCUT2D eigenvalue weighted by Crippen LogP contribution is -2.30. The summed E-state index contributed by atoms with van der Waals surface area (Å²) in [5.74, 6) is 0.296. The van der Waals surface area contributed by atoms with Gasteiger partial charge in [-0.15, -0.1) is 0 Å². The number of ether oxygens (including phenoxy) is 4. The Morgan fingerprint density at radius 3 is 0.691 bits per heavy atom. The molecule has 0 aromatic heterocycles. The lowest BCUT2D eigenvalue weighted by Gasteiger charge is -2.21. The molecule has 3 N–H and O–H groups in total. The minimum absolute atomic E-state index is 0.107. The standard InChI is InChI=1S/C91H178O17P2/c1-8-11-12-13-14-15-16-17-18-19-20-21-22-26-29-35-40-45-50-58-65-72-88(93)101-78-86(107-90(95)74-67-60-51-46-41-36-30-27-24-23-25-28-33-38-43-48-55-62-69-82(4)5)80-105-109(97,98)103-76-85(92)77-104-110(99,100)106-81-87(79-102-89(94)73-66-59-54-53-57-64-71-84(7)10-3)108-91(96)75-68-61-52-47-42-37-32-31-34-39-44-49-56-63-70-83(6)9-2/h82-87,92H,8-81H2,1-7H3,(H,97,98)(H,99,100)/t83?,84?,85-,86-,87-/m1/s1. The number of aliphatic hydroxyl groups excluding tert-OH is 1. The maximum Gasteiger partial charge on any atom is 0.472 e. The fraction of sp³-hybridized carbons (Fsp3) is 0.956. The zero-order valence-electron chi connectivity index (χ0n) is 72.7. The highest BCUT2D eigenvalue weighted by Gasteiger charge is 2.31. The van der Waals surface area contributed by atoms with Crippen LogP contribution in [-0.4, -0.2) is 96.7 Å². The van der Waals surface area contributed by atoms with Crippen LogP contribution in [-0.2, 0) is 65.4 Å². The van der Waals surface area contributed by atoms with Gasteiger partial charge in [0.25, 0.3) is 0 Å². The molecule has 110 heavy (non-hydrogen) atoms. The van der Waals surface area contributed by atoms with Gasteiger partial charge in [0.2, 0.25) is 0 Å². The highest BCUT2D eigenvalue weighted by molar-refractivity contribution is 7.47. The molecule has 654 valence electrons. The van der Waals surface area contributed by atoms with Gasteiger partial charge in [-0.05, 0) is 43.4 Å². The van der Waals surface area contributed by atoms with E-state index in [1.165, 1.54) is 289 Å². The number of carbonyl (C=O) groups excluding carboxylic acids is 4. The van der Waals surface area contributed by atoms with Gasteiger partial charge in [0, 0.05) is 25.7 Å². The van der Waals surface area contributed by atoms with Crippen molar-refractivity contribution in [1.82, 2.24) is 0 Å². The van der Waals surface area contributed by atoms with E-state index in [1.807, 2.05) is 0 Å². The Labute approximate surface area is 677 Å². The first-order valence-corrected chi connectivity index (χ1v) is 49.9. The van der Waals surface area contributed by atoms with Crippen LogP contribution in [0.3, 0.4) is 0 Å². The molecule has 0 rings (SSSR count). The van der Waals surface area contributed by atoms with Gasteiger partial charge >= 0.3 is 39.5 Å². The molecule has 0 radical (unpaired) electrons. The van der Waals surface area contributed by atoms with Gasteiger partial charge in [-0.25, -0.2) is 9.13 Å². The Kier molecular flexibility index (Phi) is 79.4. The molecule has 0 aliphatic heterocycles. The average molecular weight is 1610 g/mol. The van der Waals surface area contributed by atoms with Crippen LogP contribution in [0.1, 0.15) is 485 Å². The largest absolute Gasteiger partial charge is 0.472 e. The molecule has 0 aliphatic rings. The van der Waals surface area contributed by atoms with E-state index in [0.29, 0.717) is 25.7 Å². The van der Waals surface area contributed by atoms with E-state index in [4.69, 9.17) is 37.0 Å². The summed E-state index contributed by atoms with van der Waals surface area (Å²) < 4.78 is 69.0. The lowest BCUT2D eigenvalue weighted by atomic mass is 9.99. The summed E-state index contributed by atoms with van der Waals surface area (Å²) in [4.78, 5) is 73.4. The molecule has 0 fully saturated rings. The summed E-state index contributed by atoms with van der Waals surface area (Å²) in [5.41, 5.74) is 0. The molecule has 0 bridgehead atoms. The van der Waals surface area contributed by atoms with Crippen LogP contribution in [0.5, 0.6) is 0 Å². The van der Waals surface area contributed by atoms with Crippen molar-refractivity contribution in [2.75, 3.05) is 39.6 Å². The SMILES string of the molecule is CCCCCCCCCCCCCCCCCCCCCCCC(=O)OC[C@H](COP(=O)(O)OC[C@@H](O)COP(=O)(O)OC[C@@H](COC(=O)CCCCCCCCC(C)CC)OC(=O)CCCCCCCCCCCCCCCCC(C)CC)OC(=O)CCCCCCCCCCCCCCCCCCCCC(C)C. The molecule has 0 aromatic rings. The highest BCUT2D eigenvalue weighted by atomic mass is 31.2. The van der Waals surface area contributed by atoms with Crippen LogP contribution in [0, 0.1) is 17.8 Å². The Bertz CT molecular complexity index is 2120. The van der Waals surface area contributed by atoms with Gasteiger partial charge in [-0.3, -0.25) is 37.3 Å². The van der Waals surface area contributed by atoms with Crippen molar-refractivity contribution in [1.29, 1.82) is 0 Å². The van der Waals surface area contributed by atoms with Crippen molar-refractivity contribution in [2.45, 2.75) is 503 Å². The summed E-state index contributed by atoms with van der Waals surface area (Å²) in [7, 11) is -9.94. The van der Waals surface area contributed by atoms with Crippen molar-refractivity contribution < 1.29 is 80.2 Å². The van der Waals surface area contributed by atoms with Crippen molar-refractivity contribution >= 4 is 39.5 Å². The fourth-order valence-electron chi connectivity index (χ4n) is 14.2. The lowest BCUT2D eigenvalue weighted by molar-refractivity contribution is -0.161. The summed E-state index contributed by atoms with van der Waals surface area (Å²) in [6.45, 7) is 12.1. The molecule has 0 heterocycles. The van der Waals surface area contributed by atoms with Gasteiger partial charge in [-0.1, -0.05) is 434 Å². The predicted octanol–water partition coefficient (Wildman–Crippen LogP) is 28.0. The zero-order valence-corrected chi connectivity index (χ0v) is 74.5. The second-order valence-corrected chi connectivity index (χ2v) is 36.6. The summed E-state index contributed by atoms with van der Waals surface area (Å²) in [5, 5.41) is 10.7. The number of hydrogen-bond acceptors (Lipinski definition) is 15. The minimum atomic E-state index is -4.97. The zero-order chi connectivity index (χ0) is 80.8. The first-order chi connectivity index (χ1) is 53.3.